The summed E-state index contributed by atoms with van der Waals surface area (Å²) in [7, 11) is 0. The Morgan fingerprint density at radius 3 is 2.49 bits per heavy atom. The summed E-state index contributed by atoms with van der Waals surface area (Å²) in [5, 5.41) is 0. The van der Waals surface area contributed by atoms with E-state index in [0.29, 0.717) is 13.2 Å². The Kier molecular flexibility index (Phi) is 6.19. The summed E-state index contributed by atoms with van der Waals surface area (Å²) in [5.41, 5.74) is 8.90. The molecule has 0 saturated heterocycles. The fraction of sp³-hybridized carbons (Fsp3) is 0.312. The lowest BCUT2D eigenvalue weighted by atomic mass is 9.92. The van der Waals surface area contributed by atoms with Gasteiger partial charge in [0.1, 0.15) is 36.1 Å². The van der Waals surface area contributed by atoms with Gasteiger partial charge in [0.05, 0.1) is 5.56 Å². The van der Waals surface area contributed by atoms with Crippen LogP contribution in [0.4, 0.5) is 0 Å². The summed E-state index contributed by atoms with van der Waals surface area (Å²) in [4.78, 5) is 0. The highest BCUT2D eigenvalue weighted by Crippen LogP contribution is 2.45. The van der Waals surface area contributed by atoms with Crippen LogP contribution in [0, 0.1) is 13.8 Å². The van der Waals surface area contributed by atoms with Crippen LogP contribution in [0.15, 0.2) is 54.6 Å². The van der Waals surface area contributed by atoms with Crippen LogP contribution in [0.2, 0.25) is 0 Å². The molecule has 0 fully saturated rings. The lowest BCUT2D eigenvalue weighted by Gasteiger charge is -2.31. The molecule has 2 aliphatic heterocycles. The molecule has 0 amide bonds. The first-order valence-corrected chi connectivity index (χ1v) is 12.5. The van der Waals surface area contributed by atoms with Crippen molar-refractivity contribution in [3.63, 3.8) is 0 Å². The second kappa shape index (κ2) is 9.30. The number of hydrogen-bond donors (Lipinski definition) is 0. The highest BCUT2D eigenvalue weighted by molar-refractivity contribution is 5.91. The Bertz CT molecular complexity index is 1310. The van der Waals surface area contributed by atoms with Crippen molar-refractivity contribution >= 4 is 17.7 Å². The topological polar surface area (TPSA) is 27.7 Å². The Morgan fingerprint density at radius 2 is 1.71 bits per heavy atom. The minimum atomic E-state index is -0.312. The molecule has 3 aromatic rings. The van der Waals surface area contributed by atoms with Gasteiger partial charge in [-0.15, -0.1) is 0 Å². The van der Waals surface area contributed by atoms with Crippen LogP contribution >= 0.6 is 0 Å². The monoisotopic (exact) mass is 466 g/mol. The molecule has 0 spiro atoms. The van der Waals surface area contributed by atoms with E-state index in [-0.39, 0.29) is 5.60 Å². The zero-order chi connectivity index (χ0) is 24.6. The predicted molar refractivity (Wildman–Crippen MR) is 144 cm³/mol. The van der Waals surface area contributed by atoms with Crippen LogP contribution in [-0.2, 0) is 13.0 Å². The van der Waals surface area contributed by atoms with Crippen molar-refractivity contribution in [1.29, 1.82) is 0 Å². The van der Waals surface area contributed by atoms with Gasteiger partial charge in [-0.2, -0.15) is 0 Å². The standard InChI is InChI=1S/C32H34O3/c1-6-7-23-12-13-26(29(17-23)33-19-24-10-8-21(2)9-11-24)25-18-28-22(3)16-30-27(31(28)34-20-25)14-15-32(4,5)35-30/h8-18H,6-7,19-20H2,1-5H3. The van der Waals surface area contributed by atoms with Crippen LogP contribution < -0.4 is 14.2 Å². The SMILES string of the molecule is CCCc1ccc(C2=Cc3c(C)cc4c(c3OC2)C=CC(C)(C)O4)c(OCc2ccc(C)cc2)c1. The van der Waals surface area contributed by atoms with Gasteiger partial charge >= 0.3 is 0 Å². The second-order valence-corrected chi connectivity index (χ2v) is 10.2. The molecule has 2 heterocycles. The summed E-state index contributed by atoms with van der Waals surface area (Å²) >= 11 is 0. The van der Waals surface area contributed by atoms with E-state index in [1.54, 1.807) is 0 Å². The van der Waals surface area contributed by atoms with Crippen molar-refractivity contribution < 1.29 is 14.2 Å². The zero-order valence-electron chi connectivity index (χ0n) is 21.4. The summed E-state index contributed by atoms with van der Waals surface area (Å²) in [6.07, 6.45) is 8.62. The first-order valence-electron chi connectivity index (χ1n) is 12.5. The maximum absolute atomic E-state index is 6.41. The Hall–Kier alpha value is -3.46. The number of aryl methyl sites for hydroxylation is 3. The smallest absolute Gasteiger partial charge is 0.138 e. The molecule has 0 unspecified atom stereocenters. The van der Waals surface area contributed by atoms with E-state index in [9.17, 15) is 0 Å². The molecule has 180 valence electrons. The van der Waals surface area contributed by atoms with Crippen molar-refractivity contribution in [2.45, 2.75) is 59.7 Å². The van der Waals surface area contributed by atoms with E-state index >= 15 is 0 Å². The average molecular weight is 467 g/mol. The number of ether oxygens (including phenoxy) is 3. The Balaban J connectivity index is 1.51. The fourth-order valence-corrected chi connectivity index (χ4v) is 4.73. The largest absolute Gasteiger partial charge is 0.488 e. The maximum Gasteiger partial charge on any atom is 0.138 e. The summed E-state index contributed by atoms with van der Waals surface area (Å²) in [5.74, 6) is 2.70. The van der Waals surface area contributed by atoms with Crippen LogP contribution in [0.3, 0.4) is 0 Å². The first kappa shape index (κ1) is 23.3. The molecule has 0 aromatic heterocycles. The average Bonchev–Trinajstić information content (AvgIpc) is 2.83. The molecule has 0 bridgehead atoms. The van der Waals surface area contributed by atoms with Gasteiger partial charge in [-0.25, -0.2) is 0 Å². The molecule has 3 nitrogen and oxygen atoms in total. The number of benzene rings is 3. The van der Waals surface area contributed by atoms with E-state index in [0.717, 1.165) is 57.9 Å². The van der Waals surface area contributed by atoms with E-state index in [1.165, 1.54) is 16.7 Å². The molecular formula is C32H34O3. The zero-order valence-corrected chi connectivity index (χ0v) is 21.4. The number of fused-ring (bicyclic) bond motifs is 3. The molecule has 3 heteroatoms. The highest BCUT2D eigenvalue weighted by atomic mass is 16.5. The van der Waals surface area contributed by atoms with Crippen molar-refractivity contribution in [3.05, 3.63) is 93.6 Å². The summed E-state index contributed by atoms with van der Waals surface area (Å²) < 4.78 is 19.0. The lowest BCUT2D eigenvalue weighted by Crippen LogP contribution is -2.28. The number of hydrogen-bond acceptors (Lipinski definition) is 3. The van der Waals surface area contributed by atoms with Crippen LogP contribution in [0.25, 0.3) is 17.7 Å². The van der Waals surface area contributed by atoms with Crippen molar-refractivity contribution in [3.8, 4) is 17.2 Å². The van der Waals surface area contributed by atoms with Crippen LogP contribution in [0.5, 0.6) is 17.2 Å². The van der Waals surface area contributed by atoms with Crippen LogP contribution in [0.1, 0.15) is 66.1 Å². The van der Waals surface area contributed by atoms with Gasteiger partial charge in [0, 0.05) is 16.7 Å². The molecule has 5 rings (SSSR count). The summed E-state index contributed by atoms with van der Waals surface area (Å²) in [6, 6.07) is 17.2. The minimum Gasteiger partial charge on any atom is -0.488 e. The minimum absolute atomic E-state index is 0.312. The Labute approximate surface area is 209 Å². The van der Waals surface area contributed by atoms with E-state index in [1.807, 2.05) is 0 Å². The van der Waals surface area contributed by atoms with Crippen LogP contribution in [-0.4, -0.2) is 12.2 Å². The van der Waals surface area contributed by atoms with Crippen molar-refractivity contribution in [1.82, 2.24) is 0 Å². The van der Waals surface area contributed by atoms with Gasteiger partial charge in [0.2, 0.25) is 0 Å². The molecule has 0 aliphatic carbocycles. The normalized spacial score (nSPS) is 15.4. The lowest BCUT2D eigenvalue weighted by molar-refractivity contribution is 0.158. The van der Waals surface area contributed by atoms with Gasteiger partial charge in [0.25, 0.3) is 0 Å². The highest BCUT2D eigenvalue weighted by Gasteiger charge is 2.28. The van der Waals surface area contributed by atoms with Crippen molar-refractivity contribution in [2.24, 2.45) is 0 Å². The molecule has 2 aliphatic rings. The summed E-state index contributed by atoms with van der Waals surface area (Å²) in [6.45, 7) is 11.6. The molecule has 3 aromatic carbocycles. The van der Waals surface area contributed by atoms with Gasteiger partial charge < -0.3 is 14.2 Å². The quantitative estimate of drug-likeness (QED) is 0.369. The molecule has 0 radical (unpaired) electrons. The van der Waals surface area contributed by atoms with Gasteiger partial charge in [-0.1, -0.05) is 55.3 Å². The third-order valence-electron chi connectivity index (χ3n) is 6.69. The van der Waals surface area contributed by atoms with E-state index in [2.05, 4.69) is 101 Å². The molecule has 0 saturated carbocycles. The third-order valence-corrected chi connectivity index (χ3v) is 6.69. The molecule has 35 heavy (non-hydrogen) atoms. The molecule has 0 atom stereocenters. The Morgan fingerprint density at radius 1 is 0.943 bits per heavy atom. The van der Waals surface area contributed by atoms with E-state index < -0.39 is 0 Å². The van der Waals surface area contributed by atoms with Crippen molar-refractivity contribution in [2.75, 3.05) is 6.61 Å². The van der Waals surface area contributed by atoms with Gasteiger partial charge in [-0.05, 0) is 81.2 Å². The van der Waals surface area contributed by atoms with Gasteiger partial charge in [0.15, 0.2) is 0 Å². The number of rotatable bonds is 6. The fourth-order valence-electron chi connectivity index (χ4n) is 4.73. The first-order chi connectivity index (χ1) is 16.8. The van der Waals surface area contributed by atoms with E-state index in [4.69, 9.17) is 14.2 Å². The maximum atomic E-state index is 6.41. The third kappa shape index (κ3) is 4.86. The molecule has 0 N–H and O–H groups in total. The van der Waals surface area contributed by atoms with Gasteiger partial charge in [-0.3, -0.25) is 0 Å². The second-order valence-electron chi connectivity index (χ2n) is 10.2. The predicted octanol–water partition coefficient (Wildman–Crippen LogP) is 7.95. The molecular weight excluding hydrogens is 432 g/mol.